The standard InChI is InChI=1S/C22H19Cl2NO5S/c23-17-12-18(24)14-19(13-17)31(28,29)25-20-11-16(15-5-2-1-3-6-15)8-9-21(20)30-10-4-7-22(26)27/h1-3,5-6,8-9,11-14,25H,4,7,10H2,(H,26,27). The Balaban J connectivity index is 1.94. The van der Waals surface area contributed by atoms with Crippen LogP contribution in [0.1, 0.15) is 12.8 Å². The van der Waals surface area contributed by atoms with E-state index < -0.39 is 16.0 Å². The number of rotatable bonds is 9. The van der Waals surface area contributed by atoms with E-state index in [4.69, 9.17) is 33.0 Å². The number of halogens is 2. The highest BCUT2D eigenvalue weighted by molar-refractivity contribution is 7.92. The number of benzene rings is 3. The molecule has 0 unspecified atom stereocenters. The van der Waals surface area contributed by atoms with Crippen LogP contribution in [0.3, 0.4) is 0 Å². The molecule has 0 heterocycles. The van der Waals surface area contributed by atoms with Gasteiger partial charge in [-0.2, -0.15) is 0 Å². The second kappa shape index (κ2) is 10.0. The van der Waals surface area contributed by atoms with Gasteiger partial charge >= 0.3 is 5.97 Å². The summed E-state index contributed by atoms with van der Waals surface area (Å²) in [5.74, 6) is -0.649. The smallest absolute Gasteiger partial charge is 0.303 e. The Morgan fingerprint density at radius 2 is 1.61 bits per heavy atom. The van der Waals surface area contributed by atoms with Crippen molar-refractivity contribution in [3.8, 4) is 16.9 Å². The van der Waals surface area contributed by atoms with E-state index in [0.29, 0.717) is 0 Å². The number of hydrogen-bond acceptors (Lipinski definition) is 4. The van der Waals surface area contributed by atoms with Crippen LogP contribution in [0.4, 0.5) is 5.69 Å². The van der Waals surface area contributed by atoms with Crippen molar-refractivity contribution in [1.29, 1.82) is 0 Å². The molecule has 0 amide bonds. The van der Waals surface area contributed by atoms with Gasteiger partial charge in [0.15, 0.2) is 0 Å². The van der Waals surface area contributed by atoms with Crippen LogP contribution in [-0.2, 0) is 14.8 Å². The fraction of sp³-hybridized carbons (Fsp3) is 0.136. The molecule has 0 aliphatic heterocycles. The fourth-order valence-corrected chi connectivity index (χ4v) is 4.63. The van der Waals surface area contributed by atoms with E-state index >= 15 is 0 Å². The maximum absolute atomic E-state index is 13.0. The van der Waals surface area contributed by atoms with E-state index in [0.717, 1.165) is 11.1 Å². The number of carboxylic acids is 1. The summed E-state index contributed by atoms with van der Waals surface area (Å²) in [6, 6.07) is 18.6. The predicted molar refractivity (Wildman–Crippen MR) is 122 cm³/mol. The first-order chi connectivity index (χ1) is 14.7. The average Bonchev–Trinajstić information content (AvgIpc) is 2.71. The molecule has 3 aromatic carbocycles. The van der Waals surface area contributed by atoms with Crippen molar-refractivity contribution >= 4 is 44.9 Å². The maximum Gasteiger partial charge on any atom is 0.303 e. The topological polar surface area (TPSA) is 92.7 Å². The third-order valence-corrected chi connectivity index (χ3v) is 6.05. The molecule has 0 aromatic heterocycles. The van der Waals surface area contributed by atoms with Crippen LogP contribution in [0.15, 0.2) is 71.6 Å². The summed E-state index contributed by atoms with van der Waals surface area (Å²) >= 11 is 11.9. The van der Waals surface area contributed by atoms with Gasteiger partial charge in [-0.25, -0.2) is 8.42 Å². The van der Waals surface area contributed by atoms with E-state index in [1.165, 1.54) is 18.2 Å². The van der Waals surface area contributed by atoms with Gasteiger partial charge < -0.3 is 9.84 Å². The summed E-state index contributed by atoms with van der Waals surface area (Å²) < 4.78 is 34.1. The van der Waals surface area contributed by atoms with Crippen LogP contribution in [0.2, 0.25) is 10.0 Å². The Morgan fingerprint density at radius 1 is 0.935 bits per heavy atom. The molecule has 0 fully saturated rings. The molecule has 6 nitrogen and oxygen atoms in total. The third kappa shape index (κ3) is 6.37. The van der Waals surface area contributed by atoms with E-state index in [2.05, 4.69) is 4.72 Å². The molecular formula is C22H19Cl2NO5S. The van der Waals surface area contributed by atoms with Crippen molar-refractivity contribution < 1.29 is 23.1 Å². The van der Waals surface area contributed by atoms with Crippen molar-refractivity contribution in [3.05, 3.63) is 76.8 Å². The Hall–Kier alpha value is -2.74. The lowest BCUT2D eigenvalue weighted by Crippen LogP contribution is -2.14. The second-order valence-corrected chi connectivity index (χ2v) is 9.19. The van der Waals surface area contributed by atoms with Gasteiger partial charge in [-0.15, -0.1) is 0 Å². The molecule has 2 N–H and O–H groups in total. The molecule has 0 aliphatic rings. The second-order valence-electron chi connectivity index (χ2n) is 6.63. The quantitative estimate of drug-likeness (QED) is 0.383. The highest BCUT2D eigenvalue weighted by Crippen LogP contribution is 2.33. The molecule has 0 saturated carbocycles. The van der Waals surface area contributed by atoms with Crippen LogP contribution in [-0.4, -0.2) is 26.1 Å². The highest BCUT2D eigenvalue weighted by atomic mass is 35.5. The van der Waals surface area contributed by atoms with Crippen LogP contribution < -0.4 is 9.46 Å². The van der Waals surface area contributed by atoms with E-state index in [1.54, 1.807) is 18.2 Å². The first kappa shape index (κ1) is 22.9. The molecule has 0 spiro atoms. The number of hydrogen-bond donors (Lipinski definition) is 2. The molecular weight excluding hydrogens is 461 g/mol. The molecule has 0 radical (unpaired) electrons. The normalized spacial score (nSPS) is 11.2. The van der Waals surface area contributed by atoms with Crippen molar-refractivity contribution in [2.24, 2.45) is 0 Å². The molecule has 0 aliphatic carbocycles. The van der Waals surface area contributed by atoms with Gasteiger partial charge in [0.1, 0.15) is 5.75 Å². The average molecular weight is 480 g/mol. The minimum Gasteiger partial charge on any atom is -0.491 e. The molecule has 0 saturated heterocycles. The van der Waals surface area contributed by atoms with Crippen molar-refractivity contribution in [3.63, 3.8) is 0 Å². The molecule has 0 bridgehead atoms. The summed E-state index contributed by atoms with van der Waals surface area (Å²) in [6.07, 6.45) is 0.232. The summed E-state index contributed by atoms with van der Waals surface area (Å²) in [5.41, 5.74) is 1.89. The first-order valence-electron chi connectivity index (χ1n) is 9.27. The number of nitrogens with one attached hydrogen (secondary N) is 1. The summed E-state index contributed by atoms with van der Waals surface area (Å²) in [7, 11) is -4.02. The Kier molecular flexibility index (Phi) is 7.43. The van der Waals surface area contributed by atoms with Crippen molar-refractivity contribution in [1.82, 2.24) is 0 Å². The van der Waals surface area contributed by atoms with Gasteiger partial charge in [0.25, 0.3) is 10.0 Å². The number of carbonyl (C=O) groups is 1. The maximum atomic E-state index is 13.0. The largest absolute Gasteiger partial charge is 0.491 e. The fourth-order valence-electron chi connectivity index (χ4n) is 2.84. The van der Waals surface area contributed by atoms with E-state index in [-0.39, 0.29) is 45.8 Å². The van der Waals surface area contributed by atoms with Gasteiger partial charge in [0.05, 0.1) is 17.2 Å². The van der Waals surface area contributed by atoms with Crippen LogP contribution in [0.5, 0.6) is 5.75 Å². The Labute approximate surface area is 190 Å². The SMILES string of the molecule is O=C(O)CCCOc1ccc(-c2ccccc2)cc1NS(=O)(=O)c1cc(Cl)cc(Cl)c1. The van der Waals surface area contributed by atoms with E-state index in [9.17, 15) is 13.2 Å². The minimum absolute atomic E-state index is 0.0514. The summed E-state index contributed by atoms with van der Waals surface area (Å²) in [4.78, 5) is 10.6. The van der Waals surface area contributed by atoms with Crippen molar-refractivity contribution in [2.75, 3.05) is 11.3 Å². The number of aliphatic carboxylic acids is 1. The lowest BCUT2D eigenvalue weighted by atomic mass is 10.1. The highest BCUT2D eigenvalue weighted by Gasteiger charge is 2.19. The number of sulfonamides is 1. The summed E-state index contributed by atoms with van der Waals surface area (Å²) in [5, 5.41) is 9.16. The van der Waals surface area contributed by atoms with Crippen LogP contribution in [0.25, 0.3) is 11.1 Å². The number of ether oxygens (including phenoxy) is 1. The molecule has 31 heavy (non-hydrogen) atoms. The minimum atomic E-state index is -4.02. The Bertz CT molecular complexity index is 1160. The van der Waals surface area contributed by atoms with Gasteiger partial charge in [-0.3, -0.25) is 9.52 Å². The zero-order valence-electron chi connectivity index (χ0n) is 16.2. The Morgan fingerprint density at radius 3 is 2.26 bits per heavy atom. The van der Waals surface area contributed by atoms with E-state index in [1.807, 2.05) is 30.3 Å². The number of carboxylic acid groups (broad SMARTS) is 1. The predicted octanol–water partition coefficient (Wildman–Crippen LogP) is 5.70. The van der Waals surface area contributed by atoms with Crippen molar-refractivity contribution in [2.45, 2.75) is 17.7 Å². The third-order valence-electron chi connectivity index (χ3n) is 4.27. The van der Waals surface area contributed by atoms with Gasteiger partial charge in [-0.05, 0) is 47.9 Å². The lowest BCUT2D eigenvalue weighted by molar-refractivity contribution is -0.137. The van der Waals surface area contributed by atoms with Gasteiger partial charge in [0, 0.05) is 16.5 Å². The molecule has 9 heteroatoms. The zero-order valence-corrected chi connectivity index (χ0v) is 18.5. The zero-order chi connectivity index (χ0) is 22.4. The first-order valence-corrected chi connectivity index (χ1v) is 11.5. The molecule has 3 aromatic rings. The van der Waals surface area contributed by atoms with Crippen LogP contribution in [0, 0.1) is 0 Å². The number of anilines is 1. The van der Waals surface area contributed by atoms with Crippen LogP contribution >= 0.6 is 23.2 Å². The lowest BCUT2D eigenvalue weighted by Gasteiger charge is -2.15. The molecule has 0 atom stereocenters. The monoisotopic (exact) mass is 479 g/mol. The van der Waals surface area contributed by atoms with Gasteiger partial charge in [0.2, 0.25) is 0 Å². The molecule has 3 rings (SSSR count). The summed E-state index contributed by atoms with van der Waals surface area (Å²) in [6.45, 7) is 0.120. The van der Waals surface area contributed by atoms with Gasteiger partial charge in [-0.1, -0.05) is 59.6 Å². The molecule has 162 valence electrons.